The molecule has 0 heterocycles. The van der Waals surface area contributed by atoms with E-state index in [1.165, 1.54) is 0 Å². The summed E-state index contributed by atoms with van der Waals surface area (Å²) in [5.41, 5.74) is 0.828. The summed E-state index contributed by atoms with van der Waals surface area (Å²) in [5, 5.41) is 9.00. The Morgan fingerprint density at radius 1 is 1.36 bits per heavy atom. The van der Waals surface area contributed by atoms with Crippen molar-refractivity contribution in [1.29, 1.82) is 0 Å². The zero-order valence-electron chi connectivity index (χ0n) is 7.27. The van der Waals surface area contributed by atoms with Crippen molar-refractivity contribution in [2.45, 2.75) is 5.75 Å². The van der Waals surface area contributed by atoms with Gasteiger partial charge in [0.1, 0.15) is 5.75 Å². The van der Waals surface area contributed by atoms with Gasteiger partial charge in [0, 0.05) is 21.6 Å². The maximum absolute atomic E-state index is 11.2. The van der Waals surface area contributed by atoms with E-state index in [1.807, 2.05) is 0 Å². The van der Waals surface area contributed by atoms with Gasteiger partial charge in [0.15, 0.2) is 0 Å². The molecule has 0 aliphatic carbocycles. The topological polar surface area (TPSA) is 54.4 Å². The van der Waals surface area contributed by atoms with E-state index in [1.54, 1.807) is 24.3 Å². The molecule has 0 radical (unpaired) electrons. The smallest absolute Gasteiger partial charge is 0.316 e. The average Bonchev–Trinajstić information content (AvgIpc) is 2.07. The molecule has 1 atom stereocenters. The van der Waals surface area contributed by atoms with E-state index in [0.29, 0.717) is 5.02 Å². The highest BCUT2D eigenvalue weighted by Gasteiger charge is 2.06. The Kier molecular flexibility index (Phi) is 4.10. The third-order valence-electron chi connectivity index (χ3n) is 1.53. The normalized spacial score (nSPS) is 12.4. The quantitative estimate of drug-likeness (QED) is 0.859. The predicted octanol–water partition coefficient (Wildman–Crippen LogP) is 1.67. The number of carbonyl (C=O) groups is 1. The van der Waals surface area contributed by atoms with Crippen molar-refractivity contribution < 1.29 is 14.1 Å². The first-order valence-corrected chi connectivity index (χ1v) is 5.76. The molecule has 0 unspecified atom stereocenters. The van der Waals surface area contributed by atoms with Crippen LogP contribution >= 0.6 is 11.6 Å². The van der Waals surface area contributed by atoms with Crippen LogP contribution in [0.25, 0.3) is 0 Å². The summed E-state index contributed by atoms with van der Waals surface area (Å²) in [6.45, 7) is 0. The fraction of sp³-hybridized carbons (Fsp3) is 0.222. The van der Waals surface area contributed by atoms with Gasteiger partial charge in [-0.25, -0.2) is 0 Å². The Morgan fingerprint density at radius 2 is 1.93 bits per heavy atom. The fourth-order valence-electron chi connectivity index (χ4n) is 0.955. The first-order chi connectivity index (χ1) is 6.58. The summed E-state index contributed by atoms with van der Waals surface area (Å²) in [6, 6.07) is 6.86. The summed E-state index contributed by atoms with van der Waals surface area (Å²) < 4.78 is 11.2. The molecule has 0 fully saturated rings. The van der Waals surface area contributed by atoms with Gasteiger partial charge in [-0.15, -0.1) is 0 Å². The SMILES string of the molecule is O=C(O)C[S@@](=O)Cc1ccc(Cl)cc1. The van der Waals surface area contributed by atoms with Gasteiger partial charge in [-0.05, 0) is 17.7 Å². The van der Waals surface area contributed by atoms with E-state index < -0.39 is 16.8 Å². The van der Waals surface area contributed by atoms with Crippen LogP contribution in [0.3, 0.4) is 0 Å². The molecule has 0 saturated carbocycles. The van der Waals surface area contributed by atoms with E-state index in [9.17, 15) is 9.00 Å². The molecule has 1 rings (SSSR count). The molecule has 14 heavy (non-hydrogen) atoms. The summed E-state index contributed by atoms with van der Waals surface area (Å²) in [5.74, 6) is -1.11. The molecule has 0 amide bonds. The van der Waals surface area contributed by atoms with Crippen LogP contribution in [-0.4, -0.2) is 21.0 Å². The van der Waals surface area contributed by atoms with Gasteiger partial charge in [-0.2, -0.15) is 0 Å². The standard InChI is InChI=1S/C9H9ClO3S/c10-8-3-1-7(2-4-8)5-14(13)6-9(11)12/h1-4H,5-6H2,(H,11,12)/t14-/m0/s1. The first kappa shape index (κ1) is 11.2. The molecule has 76 valence electrons. The van der Waals surface area contributed by atoms with Gasteiger partial charge in [-0.3, -0.25) is 9.00 Å². The second-order valence-corrected chi connectivity index (χ2v) is 4.64. The maximum atomic E-state index is 11.2. The molecule has 0 spiro atoms. The number of benzene rings is 1. The second-order valence-electron chi connectivity index (χ2n) is 2.75. The number of carboxylic acid groups (broad SMARTS) is 1. The lowest BCUT2D eigenvalue weighted by atomic mass is 10.2. The van der Waals surface area contributed by atoms with Gasteiger partial charge in [0.05, 0.1) is 0 Å². The Balaban J connectivity index is 2.56. The van der Waals surface area contributed by atoms with Gasteiger partial charge < -0.3 is 5.11 Å². The Labute approximate surface area is 89.2 Å². The highest BCUT2D eigenvalue weighted by molar-refractivity contribution is 7.84. The lowest BCUT2D eigenvalue weighted by molar-refractivity contribution is -0.133. The van der Waals surface area contributed by atoms with Crippen LogP contribution in [-0.2, 0) is 21.3 Å². The maximum Gasteiger partial charge on any atom is 0.316 e. The van der Waals surface area contributed by atoms with Gasteiger partial charge >= 0.3 is 5.97 Å². The largest absolute Gasteiger partial charge is 0.481 e. The molecular weight excluding hydrogens is 224 g/mol. The van der Waals surface area contributed by atoms with Crippen LogP contribution in [0.2, 0.25) is 5.02 Å². The monoisotopic (exact) mass is 232 g/mol. The minimum Gasteiger partial charge on any atom is -0.481 e. The summed E-state index contributed by atoms with van der Waals surface area (Å²) in [6.07, 6.45) is 0. The minimum absolute atomic E-state index is 0.253. The van der Waals surface area contributed by atoms with Gasteiger partial charge in [0.2, 0.25) is 0 Å². The second kappa shape index (κ2) is 5.12. The first-order valence-electron chi connectivity index (χ1n) is 3.89. The number of halogens is 1. The van der Waals surface area contributed by atoms with E-state index in [0.717, 1.165) is 5.56 Å². The zero-order chi connectivity index (χ0) is 10.6. The molecule has 1 N–H and O–H groups in total. The van der Waals surface area contributed by atoms with Crippen LogP contribution in [0, 0.1) is 0 Å². The van der Waals surface area contributed by atoms with Crippen molar-refractivity contribution in [3.05, 3.63) is 34.9 Å². The Hall–Kier alpha value is -0.870. The molecule has 1 aromatic carbocycles. The third-order valence-corrected chi connectivity index (χ3v) is 3.00. The molecule has 5 heteroatoms. The lowest BCUT2D eigenvalue weighted by Gasteiger charge is -1.99. The van der Waals surface area contributed by atoms with E-state index in [2.05, 4.69) is 0 Å². The van der Waals surface area contributed by atoms with Crippen molar-refractivity contribution in [3.63, 3.8) is 0 Å². The predicted molar refractivity (Wildman–Crippen MR) is 55.8 cm³/mol. The average molecular weight is 233 g/mol. The molecule has 1 aromatic rings. The van der Waals surface area contributed by atoms with Crippen LogP contribution < -0.4 is 0 Å². The van der Waals surface area contributed by atoms with E-state index in [-0.39, 0.29) is 11.5 Å². The molecule has 0 saturated heterocycles. The third kappa shape index (κ3) is 3.89. The van der Waals surface area contributed by atoms with Crippen LogP contribution in [0.5, 0.6) is 0 Å². The molecule has 0 aliphatic heterocycles. The van der Waals surface area contributed by atoms with Crippen molar-refractivity contribution >= 4 is 28.4 Å². The van der Waals surface area contributed by atoms with Crippen LogP contribution in [0.4, 0.5) is 0 Å². The van der Waals surface area contributed by atoms with Crippen LogP contribution in [0.1, 0.15) is 5.56 Å². The van der Waals surface area contributed by atoms with E-state index >= 15 is 0 Å². The molecule has 3 nitrogen and oxygen atoms in total. The summed E-state index contributed by atoms with van der Waals surface area (Å²) in [7, 11) is -1.35. The van der Waals surface area contributed by atoms with Gasteiger partial charge in [-0.1, -0.05) is 23.7 Å². The van der Waals surface area contributed by atoms with E-state index in [4.69, 9.17) is 16.7 Å². The Morgan fingerprint density at radius 3 is 2.43 bits per heavy atom. The highest BCUT2D eigenvalue weighted by Crippen LogP contribution is 2.10. The van der Waals surface area contributed by atoms with Crippen molar-refractivity contribution in [3.8, 4) is 0 Å². The van der Waals surface area contributed by atoms with Crippen molar-refractivity contribution in [2.24, 2.45) is 0 Å². The fourth-order valence-corrected chi connectivity index (χ4v) is 2.02. The highest BCUT2D eigenvalue weighted by atomic mass is 35.5. The number of aliphatic carboxylic acids is 1. The summed E-state index contributed by atoms with van der Waals surface area (Å²) in [4.78, 5) is 10.2. The number of hydrogen-bond acceptors (Lipinski definition) is 2. The molecule has 0 aliphatic rings. The minimum atomic E-state index is -1.35. The van der Waals surface area contributed by atoms with Crippen molar-refractivity contribution in [1.82, 2.24) is 0 Å². The Bertz CT molecular complexity index is 348. The zero-order valence-corrected chi connectivity index (χ0v) is 8.85. The molecular formula is C9H9ClO3S. The molecule has 0 bridgehead atoms. The van der Waals surface area contributed by atoms with Crippen LogP contribution in [0.15, 0.2) is 24.3 Å². The number of carboxylic acids is 1. The number of hydrogen-bond donors (Lipinski definition) is 1. The van der Waals surface area contributed by atoms with Gasteiger partial charge in [0.25, 0.3) is 0 Å². The van der Waals surface area contributed by atoms with Crippen molar-refractivity contribution in [2.75, 3.05) is 5.75 Å². The molecule has 0 aromatic heterocycles. The summed E-state index contributed by atoms with van der Waals surface area (Å²) >= 11 is 5.66. The number of rotatable bonds is 4. The lowest BCUT2D eigenvalue weighted by Crippen LogP contribution is -2.10.